The first-order valence-electron chi connectivity index (χ1n) is 8.79. The third-order valence-electron chi connectivity index (χ3n) is 3.84. The maximum Gasteiger partial charge on any atom is 0.340 e. The molecule has 27 heavy (non-hydrogen) atoms. The number of amides is 3. The largest absolute Gasteiger partial charge is 0.462 e. The molecule has 1 aromatic rings. The Bertz CT molecular complexity index is 666. The zero-order valence-electron chi connectivity index (χ0n) is 15.6. The van der Waals surface area contributed by atoms with E-state index in [0.717, 1.165) is 0 Å². The van der Waals surface area contributed by atoms with Crippen LogP contribution in [-0.4, -0.2) is 74.6 Å². The molecule has 1 aliphatic rings. The number of benzene rings is 1. The lowest BCUT2D eigenvalue weighted by molar-refractivity contribution is -0.145. The Labute approximate surface area is 158 Å². The molecule has 9 heteroatoms. The standard InChI is InChI=1S/C18H25N3O6/c1-3-27-17(23)14-6-4-7-15(12-14)19-18(24)21-9-5-8-20(21)16(22)13-26-11-10-25-2/h4,6-7,12H,3,5,8-11,13H2,1-2H3,(H,19,24). The van der Waals surface area contributed by atoms with Crippen LogP contribution in [0.25, 0.3) is 0 Å². The minimum atomic E-state index is -0.459. The van der Waals surface area contributed by atoms with Crippen LogP contribution in [0.5, 0.6) is 0 Å². The highest BCUT2D eigenvalue weighted by molar-refractivity contribution is 5.94. The molecule has 0 radical (unpaired) electrons. The summed E-state index contributed by atoms with van der Waals surface area (Å²) in [5.74, 6) is -0.751. The lowest BCUT2D eigenvalue weighted by atomic mass is 10.2. The number of carbonyl (C=O) groups excluding carboxylic acids is 3. The average molecular weight is 379 g/mol. The van der Waals surface area contributed by atoms with Gasteiger partial charge in [0.2, 0.25) is 0 Å². The number of ether oxygens (including phenoxy) is 3. The summed E-state index contributed by atoms with van der Waals surface area (Å²) in [5.41, 5.74) is 0.789. The highest BCUT2D eigenvalue weighted by Gasteiger charge is 2.30. The number of nitrogens with zero attached hydrogens (tertiary/aromatic N) is 2. The number of urea groups is 1. The topological polar surface area (TPSA) is 97.4 Å². The summed E-state index contributed by atoms with van der Waals surface area (Å²) in [6.45, 7) is 3.45. The van der Waals surface area contributed by atoms with Gasteiger partial charge in [-0.05, 0) is 31.5 Å². The quantitative estimate of drug-likeness (QED) is 0.543. The van der Waals surface area contributed by atoms with Gasteiger partial charge in [-0.1, -0.05) is 6.07 Å². The molecule has 0 bridgehead atoms. The molecule has 1 saturated heterocycles. The lowest BCUT2D eigenvalue weighted by Crippen LogP contribution is -2.48. The fraction of sp³-hybridized carbons (Fsp3) is 0.500. The highest BCUT2D eigenvalue weighted by atomic mass is 16.5. The minimum absolute atomic E-state index is 0.120. The molecule has 0 aromatic heterocycles. The Morgan fingerprint density at radius 2 is 1.93 bits per heavy atom. The van der Waals surface area contributed by atoms with E-state index in [1.54, 1.807) is 32.2 Å². The Hall–Kier alpha value is -2.65. The fourth-order valence-corrected chi connectivity index (χ4v) is 2.58. The fourth-order valence-electron chi connectivity index (χ4n) is 2.58. The second-order valence-corrected chi connectivity index (χ2v) is 5.77. The number of methoxy groups -OCH3 is 1. The third kappa shape index (κ3) is 5.93. The predicted octanol–water partition coefficient (Wildman–Crippen LogP) is 1.51. The van der Waals surface area contributed by atoms with E-state index in [0.29, 0.717) is 44.0 Å². The van der Waals surface area contributed by atoms with Gasteiger partial charge < -0.3 is 19.5 Å². The zero-order valence-corrected chi connectivity index (χ0v) is 15.6. The number of carbonyl (C=O) groups is 3. The highest BCUT2D eigenvalue weighted by Crippen LogP contribution is 2.16. The molecule has 0 aliphatic carbocycles. The Balaban J connectivity index is 1.95. The van der Waals surface area contributed by atoms with Crippen LogP contribution in [0, 0.1) is 0 Å². The SMILES string of the molecule is CCOC(=O)c1cccc(NC(=O)N2CCCN2C(=O)COCCOC)c1. The van der Waals surface area contributed by atoms with E-state index in [-0.39, 0.29) is 19.1 Å². The second-order valence-electron chi connectivity index (χ2n) is 5.77. The summed E-state index contributed by atoms with van der Waals surface area (Å²) in [6, 6.07) is 6.01. The van der Waals surface area contributed by atoms with E-state index >= 15 is 0 Å². The van der Waals surface area contributed by atoms with Crippen molar-refractivity contribution in [2.24, 2.45) is 0 Å². The lowest BCUT2D eigenvalue weighted by Gasteiger charge is -2.28. The Morgan fingerprint density at radius 3 is 2.67 bits per heavy atom. The van der Waals surface area contributed by atoms with Gasteiger partial charge in [-0.25, -0.2) is 19.6 Å². The predicted molar refractivity (Wildman–Crippen MR) is 97.1 cm³/mol. The van der Waals surface area contributed by atoms with Crippen molar-refractivity contribution < 1.29 is 28.6 Å². The van der Waals surface area contributed by atoms with Gasteiger partial charge in [0.15, 0.2) is 0 Å². The molecule has 3 amide bonds. The van der Waals surface area contributed by atoms with Crippen molar-refractivity contribution in [3.63, 3.8) is 0 Å². The van der Waals surface area contributed by atoms with Crippen molar-refractivity contribution in [3.05, 3.63) is 29.8 Å². The molecular weight excluding hydrogens is 354 g/mol. The van der Waals surface area contributed by atoms with Crippen LogP contribution in [0.15, 0.2) is 24.3 Å². The van der Waals surface area contributed by atoms with Gasteiger partial charge in [-0.2, -0.15) is 0 Å². The van der Waals surface area contributed by atoms with Crippen LogP contribution in [0.1, 0.15) is 23.7 Å². The molecule has 0 spiro atoms. The first kappa shape index (κ1) is 20.7. The molecule has 1 aliphatic heterocycles. The molecule has 9 nitrogen and oxygen atoms in total. The van der Waals surface area contributed by atoms with Crippen LogP contribution < -0.4 is 5.32 Å². The summed E-state index contributed by atoms with van der Waals surface area (Å²) < 4.78 is 15.0. The minimum Gasteiger partial charge on any atom is -0.462 e. The van der Waals surface area contributed by atoms with Crippen LogP contribution in [0.2, 0.25) is 0 Å². The third-order valence-corrected chi connectivity index (χ3v) is 3.84. The van der Waals surface area contributed by atoms with Crippen molar-refractivity contribution >= 4 is 23.6 Å². The van der Waals surface area contributed by atoms with E-state index in [1.165, 1.54) is 16.1 Å². The van der Waals surface area contributed by atoms with Crippen LogP contribution >= 0.6 is 0 Å². The smallest absolute Gasteiger partial charge is 0.340 e. The summed E-state index contributed by atoms with van der Waals surface area (Å²) >= 11 is 0. The van der Waals surface area contributed by atoms with Gasteiger partial charge in [-0.3, -0.25) is 4.79 Å². The number of hydrogen-bond acceptors (Lipinski definition) is 6. The van der Waals surface area contributed by atoms with E-state index in [9.17, 15) is 14.4 Å². The molecular formula is C18H25N3O6. The second kappa shape index (κ2) is 10.5. The number of hydrogen-bond donors (Lipinski definition) is 1. The van der Waals surface area contributed by atoms with E-state index in [2.05, 4.69) is 5.32 Å². The van der Waals surface area contributed by atoms with Crippen molar-refractivity contribution in [2.45, 2.75) is 13.3 Å². The van der Waals surface area contributed by atoms with Crippen molar-refractivity contribution in [3.8, 4) is 0 Å². The first-order chi connectivity index (χ1) is 13.1. The van der Waals surface area contributed by atoms with Crippen molar-refractivity contribution in [1.29, 1.82) is 0 Å². The van der Waals surface area contributed by atoms with Gasteiger partial charge in [0, 0.05) is 25.9 Å². The molecule has 2 rings (SSSR count). The van der Waals surface area contributed by atoms with E-state index in [4.69, 9.17) is 14.2 Å². The van der Waals surface area contributed by atoms with Crippen molar-refractivity contribution in [2.75, 3.05) is 51.9 Å². The van der Waals surface area contributed by atoms with Gasteiger partial charge in [-0.15, -0.1) is 0 Å². The van der Waals surface area contributed by atoms with Crippen LogP contribution in [-0.2, 0) is 19.0 Å². The van der Waals surface area contributed by atoms with Gasteiger partial charge in [0.05, 0.1) is 25.4 Å². The average Bonchev–Trinajstić information content (AvgIpc) is 3.15. The maximum absolute atomic E-state index is 12.6. The van der Waals surface area contributed by atoms with Crippen molar-refractivity contribution in [1.82, 2.24) is 10.0 Å². The van der Waals surface area contributed by atoms with Crippen LogP contribution in [0.4, 0.5) is 10.5 Å². The normalized spacial score (nSPS) is 13.6. The van der Waals surface area contributed by atoms with E-state index < -0.39 is 12.0 Å². The number of nitrogens with one attached hydrogen (secondary N) is 1. The summed E-state index contributed by atoms with van der Waals surface area (Å²) in [5, 5.41) is 5.43. The molecule has 1 N–H and O–H groups in total. The first-order valence-corrected chi connectivity index (χ1v) is 8.79. The number of rotatable bonds is 8. The molecule has 0 saturated carbocycles. The molecule has 148 valence electrons. The van der Waals surface area contributed by atoms with E-state index in [1.807, 2.05) is 0 Å². The van der Waals surface area contributed by atoms with Crippen LogP contribution in [0.3, 0.4) is 0 Å². The summed E-state index contributed by atoms with van der Waals surface area (Å²) in [7, 11) is 1.55. The molecule has 1 heterocycles. The summed E-state index contributed by atoms with van der Waals surface area (Å²) in [4.78, 5) is 36.6. The Kier molecular flexibility index (Phi) is 8.02. The van der Waals surface area contributed by atoms with Gasteiger partial charge in [0.1, 0.15) is 6.61 Å². The molecule has 0 atom stereocenters. The van der Waals surface area contributed by atoms with Gasteiger partial charge in [0.25, 0.3) is 5.91 Å². The number of esters is 1. The maximum atomic E-state index is 12.6. The zero-order chi connectivity index (χ0) is 19.6. The summed E-state index contributed by atoms with van der Waals surface area (Å²) in [6.07, 6.45) is 0.681. The molecule has 0 unspecified atom stereocenters. The van der Waals surface area contributed by atoms with Gasteiger partial charge >= 0.3 is 12.0 Å². The Morgan fingerprint density at radius 1 is 1.15 bits per heavy atom. The number of anilines is 1. The molecule has 1 aromatic carbocycles. The molecule has 1 fully saturated rings. The monoisotopic (exact) mass is 379 g/mol. The number of hydrazine groups is 1.